The second kappa shape index (κ2) is 12.4. The summed E-state index contributed by atoms with van der Waals surface area (Å²) in [6, 6.07) is 79.3. The standard InChI is InChI=1S/C57H35NS/c1-2-16-42(17-3-1)58(43-25-22-36-12-4-5-13-37(36)30-43)44-26-29-56-50(35-44)49-33-41(24-28-55(49)59-56)40-23-27-53-47(32-40)48-31-38-14-6-7-15-39(38)34-54(48)57(53)51-20-10-8-18-45(51)46-19-9-11-21-52(46)57/h1-35H. The van der Waals surface area contributed by atoms with Crippen molar-refractivity contribution in [2.75, 3.05) is 4.90 Å². The number of rotatable bonds is 4. The molecule has 0 amide bonds. The summed E-state index contributed by atoms with van der Waals surface area (Å²) in [6.07, 6.45) is 0. The van der Waals surface area contributed by atoms with Gasteiger partial charge in [0, 0.05) is 37.2 Å². The summed E-state index contributed by atoms with van der Waals surface area (Å²) in [4.78, 5) is 2.38. The van der Waals surface area contributed by atoms with Crippen LogP contribution < -0.4 is 4.90 Å². The predicted molar refractivity (Wildman–Crippen MR) is 251 cm³/mol. The summed E-state index contributed by atoms with van der Waals surface area (Å²) in [5.74, 6) is 0. The van der Waals surface area contributed by atoms with Gasteiger partial charge in [-0.25, -0.2) is 0 Å². The molecule has 11 aromatic rings. The lowest BCUT2D eigenvalue weighted by Gasteiger charge is -2.30. The molecule has 0 fully saturated rings. The van der Waals surface area contributed by atoms with Crippen molar-refractivity contribution < 1.29 is 0 Å². The van der Waals surface area contributed by atoms with E-state index in [1.807, 2.05) is 11.3 Å². The molecule has 0 aliphatic heterocycles. The van der Waals surface area contributed by atoms with Crippen LogP contribution in [0.3, 0.4) is 0 Å². The highest BCUT2D eigenvalue weighted by Gasteiger charge is 2.51. The van der Waals surface area contributed by atoms with E-state index in [0.717, 1.165) is 17.1 Å². The summed E-state index contributed by atoms with van der Waals surface area (Å²) in [5.41, 5.74) is 16.3. The van der Waals surface area contributed by atoms with Gasteiger partial charge in [-0.1, -0.05) is 140 Å². The van der Waals surface area contributed by atoms with Crippen molar-refractivity contribution in [2.24, 2.45) is 0 Å². The maximum Gasteiger partial charge on any atom is 0.0725 e. The number of para-hydroxylation sites is 1. The van der Waals surface area contributed by atoms with Crippen LogP contribution in [-0.2, 0) is 5.41 Å². The van der Waals surface area contributed by atoms with Gasteiger partial charge in [0.1, 0.15) is 0 Å². The molecule has 1 nitrogen and oxygen atoms in total. The molecule has 10 aromatic carbocycles. The molecule has 2 aliphatic carbocycles. The van der Waals surface area contributed by atoms with E-state index in [-0.39, 0.29) is 5.41 Å². The van der Waals surface area contributed by atoms with Crippen molar-refractivity contribution in [3.05, 3.63) is 235 Å². The number of anilines is 3. The molecule has 0 N–H and O–H groups in total. The van der Waals surface area contributed by atoms with Crippen molar-refractivity contribution in [1.29, 1.82) is 0 Å². The van der Waals surface area contributed by atoms with Crippen molar-refractivity contribution in [1.82, 2.24) is 0 Å². The zero-order valence-electron chi connectivity index (χ0n) is 32.1. The highest BCUT2D eigenvalue weighted by atomic mass is 32.1. The number of nitrogens with zero attached hydrogens (tertiary/aromatic N) is 1. The van der Waals surface area contributed by atoms with E-state index in [1.54, 1.807) is 0 Å². The van der Waals surface area contributed by atoms with Crippen LogP contribution in [0.4, 0.5) is 17.1 Å². The van der Waals surface area contributed by atoms with E-state index < -0.39 is 0 Å². The first-order valence-electron chi connectivity index (χ1n) is 20.4. The van der Waals surface area contributed by atoms with Crippen molar-refractivity contribution in [2.45, 2.75) is 5.41 Å². The second-order valence-electron chi connectivity index (χ2n) is 16.0. The molecule has 1 heterocycles. The van der Waals surface area contributed by atoms with E-state index in [9.17, 15) is 0 Å². The molecule has 0 radical (unpaired) electrons. The van der Waals surface area contributed by atoms with Crippen molar-refractivity contribution in [3.8, 4) is 33.4 Å². The molecule has 1 spiro atoms. The second-order valence-corrected chi connectivity index (χ2v) is 17.1. The Kier molecular flexibility index (Phi) is 6.87. The lowest BCUT2D eigenvalue weighted by molar-refractivity contribution is 0.795. The minimum absolute atomic E-state index is 0.375. The number of benzene rings is 10. The molecule has 0 saturated carbocycles. The van der Waals surface area contributed by atoms with Gasteiger partial charge in [-0.3, -0.25) is 0 Å². The summed E-state index contributed by atoms with van der Waals surface area (Å²) >= 11 is 1.87. The van der Waals surface area contributed by atoms with Crippen LogP contribution in [-0.4, -0.2) is 0 Å². The van der Waals surface area contributed by atoms with E-state index in [1.165, 1.54) is 97.4 Å². The molecular weight excluding hydrogens is 731 g/mol. The van der Waals surface area contributed by atoms with Crippen LogP contribution in [0.15, 0.2) is 212 Å². The molecular formula is C57H35NS. The fraction of sp³-hybridized carbons (Fsp3) is 0.0175. The normalized spacial score (nSPS) is 13.2. The Labute approximate surface area is 346 Å². The van der Waals surface area contributed by atoms with Gasteiger partial charge in [0.15, 0.2) is 0 Å². The van der Waals surface area contributed by atoms with Gasteiger partial charge in [0.2, 0.25) is 0 Å². The maximum absolute atomic E-state index is 2.47. The highest BCUT2D eigenvalue weighted by Crippen LogP contribution is 2.63. The van der Waals surface area contributed by atoms with Gasteiger partial charge in [0.05, 0.1) is 5.41 Å². The number of hydrogen-bond donors (Lipinski definition) is 0. The largest absolute Gasteiger partial charge is 0.310 e. The van der Waals surface area contributed by atoms with Crippen LogP contribution in [0.1, 0.15) is 22.3 Å². The van der Waals surface area contributed by atoms with Gasteiger partial charge in [-0.2, -0.15) is 0 Å². The predicted octanol–water partition coefficient (Wildman–Crippen LogP) is 15.8. The molecule has 0 unspecified atom stereocenters. The number of fused-ring (bicyclic) bond motifs is 15. The average molecular weight is 766 g/mol. The topological polar surface area (TPSA) is 3.24 Å². The summed E-state index contributed by atoms with van der Waals surface area (Å²) in [6.45, 7) is 0. The Bertz CT molecular complexity index is 3470. The third kappa shape index (κ3) is 4.67. The molecule has 13 rings (SSSR count). The van der Waals surface area contributed by atoms with Gasteiger partial charge >= 0.3 is 0 Å². The van der Waals surface area contributed by atoms with Gasteiger partial charge in [0.25, 0.3) is 0 Å². The smallest absolute Gasteiger partial charge is 0.0725 e. The van der Waals surface area contributed by atoms with Crippen LogP contribution in [0.5, 0.6) is 0 Å². The van der Waals surface area contributed by atoms with Crippen LogP contribution >= 0.6 is 11.3 Å². The van der Waals surface area contributed by atoms with E-state index in [0.29, 0.717) is 0 Å². The van der Waals surface area contributed by atoms with Crippen LogP contribution in [0.25, 0.3) is 75.1 Å². The fourth-order valence-corrected chi connectivity index (χ4v) is 11.5. The lowest BCUT2D eigenvalue weighted by Crippen LogP contribution is -2.25. The monoisotopic (exact) mass is 765 g/mol. The third-order valence-corrected chi connectivity index (χ3v) is 14.2. The van der Waals surface area contributed by atoms with Crippen molar-refractivity contribution >= 4 is 70.1 Å². The first kappa shape index (κ1) is 32.8. The lowest BCUT2D eigenvalue weighted by atomic mass is 9.70. The summed E-state index contributed by atoms with van der Waals surface area (Å²) < 4.78 is 2.59. The third-order valence-electron chi connectivity index (χ3n) is 13.0. The molecule has 274 valence electrons. The molecule has 1 aromatic heterocycles. The summed E-state index contributed by atoms with van der Waals surface area (Å²) in [5, 5.41) is 7.60. The Hall–Kier alpha value is -7.26. The molecule has 0 bridgehead atoms. The first-order chi connectivity index (χ1) is 29.2. The molecule has 2 heteroatoms. The summed E-state index contributed by atoms with van der Waals surface area (Å²) in [7, 11) is 0. The van der Waals surface area contributed by atoms with Crippen LogP contribution in [0.2, 0.25) is 0 Å². The van der Waals surface area contributed by atoms with E-state index in [2.05, 4.69) is 217 Å². The minimum Gasteiger partial charge on any atom is -0.310 e. The van der Waals surface area contributed by atoms with E-state index >= 15 is 0 Å². The number of thiophene rings is 1. The van der Waals surface area contributed by atoms with Crippen molar-refractivity contribution in [3.63, 3.8) is 0 Å². The zero-order valence-corrected chi connectivity index (χ0v) is 32.9. The number of hydrogen-bond acceptors (Lipinski definition) is 2. The van der Waals surface area contributed by atoms with E-state index in [4.69, 9.17) is 0 Å². The minimum atomic E-state index is -0.375. The molecule has 2 aliphatic rings. The maximum atomic E-state index is 2.47. The molecule has 0 atom stereocenters. The Morgan fingerprint density at radius 3 is 1.59 bits per heavy atom. The Balaban J connectivity index is 0.991. The quantitative estimate of drug-likeness (QED) is 0.172. The van der Waals surface area contributed by atoms with Gasteiger partial charge in [-0.05, 0) is 150 Å². The molecule has 0 saturated heterocycles. The van der Waals surface area contributed by atoms with Crippen LogP contribution in [0, 0.1) is 0 Å². The van der Waals surface area contributed by atoms with Gasteiger partial charge in [-0.15, -0.1) is 11.3 Å². The Morgan fingerprint density at radius 1 is 0.305 bits per heavy atom. The SMILES string of the molecule is c1ccc(N(c2ccc3ccccc3c2)c2ccc3sc4ccc(-c5ccc6c(c5)-c5cc7ccccc7cc5C65c6ccccc6-c6ccccc65)cc4c3c2)cc1. The van der Waals surface area contributed by atoms with Gasteiger partial charge < -0.3 is 4.90 Å². The Morgan fingerprint density at radius 2 is 0.831 bits per heavy atom. The molecule has 59 heavy (non-hydrogen) atoms. The average Bonchev–Trinajstić information content (AvgIpc) is 3.91. The fourth-order valence-electron chi connectivity index (χ4n) is 10.4. The zero-order chi connectivity index (χ0) is 38.7. The highest BCUT2D eigenvalue weighted by molar-refractivity contribution is 7.25. The first-order valence-corrected chi connectivity index (χ1v) is 21.2.